The van der Waals surface area contributed by atoms with Crippen molar-refractivity contribution in [1.29, 1.82) is 0 Å². The molecule has 0 spiro atoms. The monoisotopic (exact) mass is 150 g/mol. The quantitative estimate of drug-likeness (QED) is 0.599. The number of ether oxygens (including phenoxy) is 1. The average Bonchev–Trinajstić information content (AvgIpc) is 1.91. The minimum absolute atomic E-state index is 0.778. The van der Waals surface area contributed by atoms with E-state index in [1.807, 2.05) is 13.8 Å². The van der Waals surface area contributed by atoms with Crippen LogP contribution in [0, 0.1) is 0 Å². The third kappa shape index (κ3) is 26.3. The van der Waals surface area contributed by atoms with E-state index < -0.39 is 12.6 Å². The van der Waals surface area contributed by atoms with Crippen LogP contribution in [-0.2, 0) is 9.53 Å². The van der Waals surface area contributed by atoms with E-state index in [9.17, 15) is 0 Å². The van der Waals surface area contributed by atoms with Gasteiger partial charge in [0.1, 0.15) is 6.61 Å². The third-order valence-corrected chi connectivity index (χ3v) is 0.544. The van der Waals surface area contributed by atoms with Crippen LogP contribution in [0.5, 0.6) is 0 Å². The smallest absolute Gasteiger partial charge is 0.329 e. The molecule has 0 bridgehead atoms. The summed E-state index contributed by atoms with van der Waals surface area (Å²) in [6.07, 6.45) is 0. The van der Waals surface area contributed by atoms with Crippen LogP contribution in [0.15, 0.2) is 0 Å². The van der Waals surface area contributed by atoms with E-state index in [0.717, 1.165) is 13.2 Å². The molecule has 0 unspecified atom stereocenters. The standard InChI is InChI=1S/C4H10O.C2H4O3/c1-3-5-4-2;3-1-2(4)5/h3-4H2,1-2H3;3H,1H2,(H,4,5). The summed E-state index contributed by atoms with van der Waals surface area (Å²) in [6.45, 7) is 4.89. The zero-order valence-electron chi connectivity index (χ0n) is 6.33. The van der Waals surface area contributed by atoms with Crippen molar-refractivity contribution < 1.29 is 19.7 Å². The summed E-state index contributed by atoms with van der Waals surface area (Å²) in [4.78, 5) is 9.12. The first-order valence-electron chi connectivity index (χ1n) is 3.09. The Morgan fingerprint density at radius 3 is 1.70 bits per heavy atom. The molecule has 4 heteroatoms. The second kappa shape index (κ2) is 11.2. The van der Waals surface area contributed by atoms with Crippen LogP contribution in [0.4, 0.5) is 0 Å². The molecule has 0 aliphatic heterocycles. The minimum Gasteiger partial charge on any atom is -0.480 e. The van der Waals surface area contributed by atoms with Gasteiger partial charge in [-0.15, -0.1) is 0 Å². The Hall–Kier alpha value is -0.610. The van der Waals surface area contributed by atoms with E-state index in [0.29, 0.717) is 0 Å². The van der Waals surface area contributed by atoms with Crippen LogP contribution in [0.25, 0.3) is 0 Å². The minimum atomic E-state index is -1.19. The highest BCUT2D eigenvalue weighted by Gasteiger charge is 1.82. The van der Waals surface area contributed by atoms with Crippen molar-refractivity contribution in [2.45, 2.75) is 13.8 Å². The maximum Gasteiger partial charge on any atom is 0.329 e. The molecule has 0 atom stereocenters. The van der Waals surface area contributed by atoms with Gasteiger partial charge in [-0.3, -0.25) is 0 Å². The SMILES string of the molecule is CCOCC.O=C(O)CO. The van der Waals surface area contributed by atoms with E-state index in [2.05, 4.69) is 0 Å². The number of hydrogen-bond donors (Lipinski definition) is 2. The van der Waals surface area contributed by atoms with E-state index in [4.69, 9.17) is 19.7 Å². The Balaban J connectivity index is 0. The molecule has 2 N–H and O–H groups in total. The van der Waals surface area contributed by atoms with Crippen LogP contribution >= 0.6 is 0 Å². The van der Waals surface area contributed by atoms with Crippen LogP contribution in [0.3, 0.4) is 0 Å². The molecule has 0 rings (SSSR count). The fourth-order valence-electron chi connectivity index (χ4n) is 0.204. The summed E-state index contributed by atoms with van der Waals surface area (Å²) in [5.74, 6) is -1.19. The number of hydrogen-bond acceptors (Lipinski definition) is 3. The Morgan fingerprint density at radius 1 is 1.40 bits per heavy atom. The van der Waals surface area contributed by atoms with Crippen molar-refractivity contribution in [3.63, 3.8) is 0 Å². The molecule has 0 radical (unpaired) electrons. The van der Waals surface area contributed by atoms with Gasteiger partial charge in [0.05, 0.1) is 0 Å². The van der Waals surface area contributed by atoms with Gasteiger partial charge in [-0.05, 0) is 13.8 Å². The third-order valence-electron chi connectivity index (χ3n) is 0.544. The highest BCUT2D eigenvalue weighted by molar-refractivity contribution is 5.67. The molecule has 62 valence electrons. The van der Waals surface area contributed by atoms with E-state index in [-0.39, 0.29) is 0 Å². The Bertz CT molecular complexity index is 70.1. The van der Waals surface area contributed by atoms with Gasteiger partial charge in [-0.1, -0.05) is 0 Å². The highest BCUT2D eigenvalue weighted by Crippen LogP contribution is 1.64. The normalized spacial score (nSPS) is 7.90. The Kier molecular flexibility index (Phi) is 13.6. The molecule has 0 aromatic heterocycles. The number of rotatable bonds is 3. The summed E-state index contributed by atoms with van der Waals surface area (Å²) in [6, 6.07) is 0. The number of carboxylic acids is 1. The summed E-state index contributed by atoms with van der Waals surface area (Å²) in [5.41, 5.74) is 0. The number of aliphatic carboxylic acids is 1. The van der Waals surface area contributed by atoms with E-state index >= 15 is 0 Å². The predicted molar refractivity (Wildman–Crippen MR) is 36.9 cm³/mol. The number of aliphatic hydroxyl groups excluding tert-OH is 1. The highest BCUT2D eigenvalue weighted by atomic mass is 16.5. The van der Waals surface area contributed by atoms with Crippen molar-refractivity contribution in [2.75, 3.05) is 19.8 Å². The molecule has 0 aliphatic carbocycles. The lowest BCUT2D eigenvalue weighted by Crippen LogP contribution is -1.98. The van der Waals surface area contributed by atoms with Gasteiger partial charge in [0.25, 0.3) is 0 Å². The molecule has 0 heterocycles. The lowest BCUT2D eigenvalue weighted by Gasteiger charge is -1.86. The topological polar surface area (TPSA) is 66.8 Å². The van der Waals surface area contributed by atoms with E-state index in [1.165, 1.54) is 0 Å². The van der Waals surface area contributed by atoms with Crippen LogP contribution < -0.4 is 0 Å². The lowest BCUT2D eigenvalue weighted by atomic mass is 10.8. The first-order valence-corrected chi connectivity index (χ1v) is 3.09. The molecule has 0 saturated heterocycles. The average molecular weight is 150 g/mol. The largest absolute Gasteiger partial charge is 0.480 e. The van der Waals surface area contributed by atoms with Crippen LogP contribution in [0.2, 0.25) is 0 Å². The van der Waals surface area contributed by atoms with Gasteiger partial charge in [-0.25, -0.2) is 4.79 Å². The predicted octanol–water partition coefficient (Wildman–Crippen LogP) is 0.106. The Labute approximate surface area is 60.4 Å². The lowest BCUT2D eigenvalue weighted by molar-refractivity contribution is -0.140. The molecular formula is C6H14O4. The van der Waals surface area contributed by atoms with Crippen molar-refractivity contribution >= 4 is 5.97 Å². The van der Waals surface area contributed by atoms with Crippen LogP contribution in [0.1, 0.15) is 13.8 Å². The number of carbonyl (C=O) groups is 1. The maximum absolute atomic E-state index is 9.12. The fourth-order valence-corrected chi connectivity index (χ4v) is 0.204. The van der Waals surface area contributed by atoms with Gasteiger partial charge in [0, 0.05) is 13.2 Å². The van der Waals surface area contributed by atoms with Crippen LogP contribution in [-0.4, -0.2) is 36.0 Å². The second-order valence-corrected chi connectivity index (χ2v) is 1.33. The molecule has 10 heavy (non-hydrogen) atoms. The van der Waals surface area contributed by atoms with Crippen molar-refractivity contribution in [2.24, 2.45) is 0 Å². The van der Waals surface area contributed by atoms with Crippen molar-refractivity contribution in [3.8, 4) is 0 Å². The van der Waals surface area contributed by atoms with Gasteiger partial charge < -0.3 is 14.9 Å². The molecule has 4 nitrogen and oxygen atoms in total. The van der Waals surface area contributed by atoms with Crippen molar-refractivity contribution in [3.05, 3.63) is 0 Å². The first-order chi connectivity index (χ1) is 4.68. The van der Waals surface area contributed by atoms with Gasteiger partial charge in [0.2, 0.25) is 0 Å². The first kappa shape index (κ1) is 12.1. The zero-order chi connectivity index (χ0) is 8.41. The molecule has 0 aromatic carbocycles. The summed E-state index contributed by atoms with van der Waals surface area (Å²) >= 11 is 0. The summed E-state index contributed by atoms with van der Waals surface area (Å²) in [7, 11) is 0. The number of carboxylic acid groups (broad SMARTS) is 1. The molecule has 0 saturated carbocycles. The zero-order valence-corrected chi connectivity index (χ0v) is 6.33. The van der Waals surface area contributed by atoms with Gasteiger partial charge in [-0.2, -0.15) is 0 Å². The second-order valence-electron chi connectivity index (χ2n) is 1.33. The van der Waals surface area contributed by atoms with E-state index in [1.54, 1.807) is 0 Å². The van der Waals surface area contributed by atoms with Gasteiger partial charge >= 0.3 is 5.97 Å². The molecule has 0 aliphatic rings. The summed E-state index contributed by atoms with van der Waals surface area (Å²) in [5, 5.41) is 15.0. The van der Waals surface area contributed by atoms with Gasteiger partial charge in [0.15, 0.2) is 0 Å². The fraction of sp³-hybridized carbons (Fsp3) is 0.833. The molecular weight excluding hydrogens is 136 g/mol. The maximum atomic E-state index is 9.12. The molecule has 0 aromatic rings. The Morgan fingerprint density at radius 2 is 1.70 bits per heavy atom. The molecule has 0 amide bonds. The van der Waals surface area contributed by atoms with Crippen molar-refractivity contribution in [1.82, 2.24) is 0 Å². The summed E-state index contributed by atoms with van der Waals surface area (Å²) < 4.78 is 4.83. The number of aliphatic hydroxyl groups is 1. The molecule has 0 fully saturated rings.